The van der Waals surface area contributed by atoms with Crippen LogP contribution in [0.25, 0.3) is 0 Å². The predicted octanol–water partition coefficient (Wildman–Crippen LogP) is -0.357. The number of esters is 2. The molecule has 1 aromatic rings. The third kappa shape index (κ3) is 5.51. The molecule has 12 atom stereocenters. The van der Waals surface area contributed by atoms with Gasteiger partial charge in [0.2, 0.25) is 0 Å². The average Bonchev–Trinajstić information content (AvgIpc) is 3.40. The van der Waals surface area contributed by atoms with Crippen LogP contribution in [0.2, 0.25) is 0 Å². The molecule has 228 valence electrons. The van der Waals surface area contributed by atoms with E-state index in [1.54, 1.807) is 12.1 Å². The van der Waals surface area contributed by atoms with Crippen LogP contribution in [0.15, 0.2) is 60.7 Å². The summed E-state index contributed by atoms with van der Waals surface area (Å²) in [5, 5.41) is 60.2. The maximum atomic E-state index is 13.0. The summed E-state index contributed by atoms with van der Waals surface area (Å²) in [6.45, 7) is 11.7. The third-order valence-corrected chi connectivity index (χ3v) is 8.80. The van der Waals surface area contributed by atoms with Crippen LogP contribution in [0.3, 0.4) is 0 Å². The van der Waals surface area contributed by atoms with Crippen molar-refractivity contribution < 1.29 is 59.2 Å². The van der Waals surface area contributed by atoms with Gasteiger partial charge in [-0.25, -0.2) is 9.59 Å². The van der Waals surface area contributed by atoms with Crippen molar-refractivity contribution in [3.05, 3.63) is 66.3 Å². The molecule has 42 heavy (non-hydrogen) atoms. The van der Waals surface area contributed by atoms with Crippen molar-refractivity contribution in [1.29, 1.82) is 0 Å². The summed E-state index contributed by atoms with van der Waals surface area (Å²) in [5.74, 6) is -3.07. The Labute approximate surface area is 242 Å². The maximum absolute atomic E-state index is 13.0. The molecule has 0 amide bonds. The van der Waals surface area contributed by atoms with E-state index in [9.17, 15) is 40.2 Å². The molecule has 0 aromatic heterocycles. The number of hydrogen-bond donors (Lipinski definition) is 6. The van der Waals surface area contributed by atoms with Gasteiger partial charge < -0.3 is 49.6 Å². The number of ether oxygens (including phenoxy) is 4. The lowest BCUT2D eigenvalue weighted by atomic mass is 9.81. The summed E-state index contributed by atoms with van der Waals surface area (Å²) < 4.78 is 23.0. The summed E-state index contributed by atoms with van der Waals surface area (Å²) in [6, 6.07) is 6.05. The standard InChI is InChI=1S/C30H36O12/c1-12-8-20(39-29(38)18(33)9-15-4-6-16(32)7-5-15)23-14(3)28(37)42-27(23)22-13(2)19(10-17(12)22)40-30-26(36)25(35)24(34)21(11-31)41-30/h4-7,17-27,30-36H,1-3,8-11H2/t17-,18?,19?,20?,21?,22-,23?,24?,25?,26?,27?,30?/m1/s1. The number of hydrogen-bond acceptors (Lipinski definition) is 12. The molecular weight excluding hydrogens is 552 g/mol. The average molecular weight is 589 g/mol. The van der Waals surface area contributed by atoms with E-state index in [4.69, 9.17) is 18.9 Å². The molecule has 2 heterocycles. The smallest absolute Gasteiger partial charge is 0.335 e. The van der Waals surface area contributed by atoms with Gasteiger partial charge in [-0.1, -0.05) is 37.4 Å². The van der Waals surface area contributed by atoms with E-state index >= 15 is 0 Å². The Hall–Kier alpha value is -3.10. The van der Waals surface area contributed by atoms with E-state index in [1.165, 1.54) is 12.1 Å². The molecule has 0 radical (unpaired) electrons. The predicted molar refractivity (Wildman–Crippen MR) is 143 cm³/mol. The number of carbonyl (C=O) groups excluding carboxylic acids is 2. The Bertz CT molecular complexity index is 1240. The van der Waals surface area contributed by atoms with E-state index in [-0.39, 0.29) is 30.1 Å². The lowest BCUT2D eigenvalue weighted by Crippen LogP contribution is -2.59. The normalized spacial score (nSPS) is 38.8. The number of aliphatic hydroxyl groups excluding tert-OH is 5. The topological polar surface area (TPSA) is 192 Å². The number of rotatable bonds is 7. The summed E-state index contributed by atoms with van der Waals surface area (Å²) >= 11 is 0. The number of fused-ring (bicyclic) bond motifs is 3. The maximum Gasteiger partial charge on any atom is 0.335 e. The van der Waals surface area contributed by atoms with Crippen molar-refractivity contribution >= 4 is 11.9 Å². The second-order valence-corrected chi connectivity index (χ2v) is 11.4. The van der Waals surface area contributed by atoms with E-state index < -0.39 is 85.5 Å². The van der Waals surface area contributed by atoms with Crippen molar-refractivity contribution in [2.24, 2.45) is 17.8 Å². The van der Waals surface area contributed by atoms with Crippen LogP contribution in [-0.2, 0) is 35.0 Å². The minimum Gasteiger partial charge on any atom is -0.508 e. The zero-order valence-corrected chi connectivity index (χ0v) is 22.8. The molecule has 10 unspecified atom stereocenters. The van der Waals surface area contributed by atoms with Gasteiger partial charge in [-0.05, 0) is 35.6 Å². The molecule has 4 aliphatic rings. The molecule has 0 spiro atoms. The van der Waals surface area contributed by atoms with Gasteiger partial charge in [0.1, 0.15) is 42.4 Å². The molecule has 6 N–H and O–H groups in total. The molecule has 2 saturated carbocycles. The number of phenols is 1. The number of carbonyl (C=O) groups is 2. The largest absolute Gasteiger partial charge is 0.508 e. The number of aromatic hydroxyl groups is 1. The second-order valence-electron chi connectivity index (χ2n) is 11.4. The molecule has 5 rings (SSSR count). The van der Waals surface area contributed by atoms with Crippen LogP contribution in [0.4, 0.5) is 0 Å². The van der Waals surface area contributed by atoms with Crippen molar-refractivity contribution in [1.82, 2.24) is 0 Å². The Balaban J connectivity index is 1.32. The lowest BCUT2D eigenvalue weighted by molar-refractivity contribution is -0.308. The van der Waals surface area contributed by atoms with Gasteiger partial charge >= 0.3 is 11.9 Å². The summed E-state index contributed by atoms with van der Waals surface area (Å²) in [7, 11) is 0. The Kier molecular flexibility index (Phi) is 8.59. The van der Waals surface area contributed by atoms with E-state index in [1.807, 2.05) is 0 Å². The molecular formula is C30H36O12. The van der Waals surface area contributed by atoms with E-state index in [0.717, 1.165) is 0 Å². The summed E-state index contributed by atoms with van der Waals surface area (Å²) in [5.41, 5.74) is 1.91. The Morgan fingerprint density at radius 2 is 1.74 bits per heavy atom. The fourth-order valence-corrected chi connectivity index (χ4v) is 6.50. The first-order valence-electron chi connectivity index (χ1n) is 13.8. The zero-order valence-electron chi connectivity index (χ0n) is 22.8. The highest BCUT2D eigenvalue weighted by atomic mass is 16.7. The van der Waals surface area contributed by atoms with Crippen molar-refractivity contribution in [2.75, 3.05) is 6.61 Å². The number of benzene rings is 1. The molecule has 1 aromatic carbocycles. The van der Waals surface area contributed by atoms with Crippen molar-refractivity contribution in [3.8, 4) is 5.75 Å². The van der Waals surface area contributed by atoms with Crippen LogP contribution in [0.1, 0.15) is 18.4 Å². The SMILES string of the molecule is C=C1C(=O)OC2C1C(OC(=O)C(O)Cc1ccc(O)cc1)CC(=C)[C@H]1CC(OC3OC(CO)C(O)C(O)C3O)C(=C)[C@@H]21. The number of aliphatic hydroxyl groups is 5. The minimum absolute atomic E-state index is 0.0454. The Morgan fingerprint density at radius 1 is 1.05 bits per heavy atom. The molecule has 12 nitrogen and oxygen atoms in total. The van der Waals surface area contributed by atoms with Gasteiger partial charge in [0, 0.05) is 24.3 Å². The summed E-state index contributed by atoms with van der Waals surface area (Å²) in [4.78, 5) is 25.7. The van der Waals surface area contributed by atoms with E-state index in [2.05, 4.69) is 19.7 Å². The Morgan fingerprint density at radius 3 is 2.40 bits per heavy atom. The second kappa shape index (κ2) is 11.9. The molecule has 2 aliphatic heterocycles. The quantitative estimate of drug-likeness (QED) is 0.138. The van der Waals surface area contributed by atoms with Crippen molar-refractivity contribution in [2.45, 2.75) is 74.4 Å². The van der Waals surface area contributed by atoms with Gasteiger partial charge in [-0.15, -0.1) is 0 Å². The zero-order chi connectivity index (χ0) is 30.5. The molecule has 2 saturated heterocycles. The first-order chi connectivity index (χ1) is 19.9. The van der Waals surface area contributed by atoms with Gasteiger partial charge in [-0.3, -0.25) is 0 Å². The van der Waals surface area contributed by atoms with Gasteiger partial charge in [0.25, 0.3) is 0 Å². The minimum atomic E-state index is -1.61. The van der Waals surface area contributed by atoms with Gasteiger partial charge in [0.15, 0.2) is 12.4 Å². The highest BCUT2D eigenvalue weighted by Gasteiger charge is 2.58. The van der Waals surface area contributed by atoms with Crippen molar-refractivity contribution in [3.63, 3.8) is 0 Å². The number of phenolic OH excluding ortho intramolecular Hbond substituents is 1. The fourth-order valence-electron chi connectivity index (χ4n) is 6.50. The van der Waals surface area contributed by atoms with Gasteiger partial charge in [0.05, 0.1) is 18.6 Å². The molecule has 2 aliphatic carbocycles. The highest BCUT2D eigenvalue weighted by molar-refractivity contribution is 5.91. The fraction of sp³-hybridized carbons (Fsp3) is 0.533. The van der Waals surface area contributed by atoms with Crippen LogP contribution in [0.5, 0.6) is 5.75 Å². The first-order valence-corrected chi connectivity index (χ1v) is 13.8. The molecule has 12 heteroatoms. The molecule has 0 bridgehead atoms. The lowest BCUT2D eigenvalue weighted by Gasteiger charge is -2.40. The van der Waals surface area contributed by atoms with Crippen LogP contribution >= 0.6 is 0 Å². The van der Waals surface area contributed by atoms with E-state index in [0.29, 0.717) is 23.1 Å². The highest BCUT2D eigenvalue weighted by Crippen LogP contribution is 2.53. The first kappa shape index (κ1) is 30.4. The molecule has 4 fully saturated rings. The van der Waals surface area contributed by atoms with Crippen LogP contribution in [-0.4, -0.2) is 104 Å². The van der Waals surface area contributed by atoms with Gasteiger partial charge in [-0.2, -0.15) is 0 Å². The third-order valence-electron chi connectivity index (χ3n) is 8.80. The monoisotopic (exact) mass is 588 g/mol. The van der Waals surface area contributed by atoms with Crippen LogP contribution < -0.4 is 0 Å². The summed E-state index contributed by atoms with van der Waals surface area (Å²) in [6.07, 6.45) is -10.8. The van der Waals surface area contributed by atoms with Crippen LogP contribution in [0, 0.1) is 17.8 Å².